The van der Waals surface area contributed by atoms with Crippen LogP contribution in [-0.2, 0) is 7.05 Å². The highest BCUT2D eigenvalue weighted by atomic mass is 16.6. The summed E-state index contributed by atoms with van der Waals surface area (Å²) in [6, 6.07) is 1.53. The molecule has 1 heterocycles. The quantitative estimate of drug-likeness (QED) is 0.507. The summed E-state index contributed by atoms with van der Waals surface area (Å²) in [6.07, 6.45) is 1.50. The van der Waals surface area contributed by atoms with Crippen molar-refractivity contribution in [2.45, 2.75) is 0 Å². The molecule has 0 saturated carbocycles. The lowest BCUT2D eigenvalue weighted by Crippen LogP contribution is -2.21. The predicted molar refractivity (Wildman–Crippen MR) is 34.0 cm³/mol. The average molecular weight is 142 g/mol. The summed E-state index contributed by atoms with van der Waals surface area (Å²) in [5.74, 6) is 0.315. The Labute approximate surface area is 58.0 Å². The SMILES string of the molecule is Cn1nccc1OB(O)O. The van der Waals surface area contributed by atoms with Crippen molar-refractivity contribution in [3.63, 3.8) is 0 Å². The van der Waals surface area contributed by atoms with Crippen LogP contribution in [0.5, 0.6) is 5.88 Å². The maximum atomic E-state index is 8.34. The fraction of sp³-hybridized carbons (Fsp3) is 0.250. The molecule has 0 aliphatic rings. The number of rotatable bonds is 2. The molecule has 0 radical (unpaired) electrons. The number of hydrogen-bond acceptors (Lipinski definition) is 4. The average Bonchev–Trinajstić information content (AvgIpc) is 2.15. The summed E-state index contributed by atoms with van der Waals surface area (Å²) < 4.78 is 5.88. The highest BCUT2D eigenvalue weighted by molar-refractivity contribution is 6.33. The molecule has 1 rings (SSSR count). The number of aryl methyl sites for hydroxylation is 1. The molecular weight excluding hydrogens is 135 g/mol. The van der Waals surface area contributed by atoms with Gasteiger partial charge in [0.25, 0.3) is 0 Å². The molecule has 0 spiro atoms. The molecule has 1 aromatic heterocycles. The van der Waals surface area contributed by atoms with E-state index in [-0.39, 0.29) is 0 Å². The Hall–Kier alpha value is -1.01. The molecule has 0 fully saturated rings. The zero-order chi connectivity index (χ0) is 7.56. The van der Waals surface area contributed by atoms with Gasteiger partial charge in [-0.15, -0.1) is 0 Å². The highest BCUT2D eigenvalue weighted by Gasteiger charge is 2.12. The van der Waals surface area contributed by atoms with Crippen molar-refractivity contribution in [1.29, 1.82) is 0 Å². The van der Waals surface area contributed by atoms with Crippen LogP contribution in [0, 0.1) is 0 Å². The van der Waals surface area contributed by atoms with Gasteiger partial charge in [-0.1, -0.05) is 0 Å². The topological polar surface area (TPSA) is 67.5 Å². The summed E-state index contributed by atoms with van der Waals surface area (Å²) in [7, 11) is -0.145. The summed E-state index contributed by atoms with van der Waals surface area (Å²) in [4.78, 5) is 0. The van der Waals surface area contributed by atoms with Gasteiger partial charge in [0.1, 0.15) is 0 Å². The molecule has 5 nitrogen and oxygen atoms in total. The van der Waals surface area contributed by atoms with Crippen LogP contribution in [0.1, 0.15) is 0 Å². The van der Waals surface area contributed by atoms with E-state index in [1.165, 1.54) is 16.9 Å². The Morgan fingerprint density at radius 1 is 1.70 bits per heavy atom. The van der Waals surface area contributed by atoms with Crippen LogP contribution in [0.25, 0.3) is 0 Å². The molecule has 6 heteroatoms. The smallest absolute Gasteiger partial charge is 0.498 e. The van der Waals surface area contributed by atoms with Gasteiger partial charge in [-0.25, -0.2) is 4.68 Å². The van der Waals surface area contributed by atoms with Crippen LogP contribution in [0.4, 0.5) is 0 Å². The number of hydrogen-bond donors (Lipinski definition) is 2. The van der Waals surface area contributed by atoms with Crippen molar-refractivity contribution in [2.75, 3.05) is 0 Å². The molecule has 10 heavy (non-hydrogen) atoms. The van der Waals surface area contributed by atoms with E-state index in [0.29, 0.717) is 5.88 Å². The third kappa shape index (κ3) is 1.49. The van der Waals surface area contributed by atoms with E-state index in [4.69, 9.17) is 10.0 Å². The van der Waals surface area contributed by atoms with Gasteiger partial charge in [-0.3, -0.25) is 0 Å². The molecule has 0 atom stereocenters. The molecule has 2 N–H and O–H groups in total. The van der Waals surface area contributed by atoms with Gasteiger partial charge in [0.2, 0.25) is 0 Å². The molecule has 0 aliphatic carbocycles. The van der Waals surface area contributed by atoms with E-state index >= 15 is 0 Å². The number of nitrogens with zero attached hydrogens (tertiary/aromatic N) is 2. The normalized spacial score (nSPS) is 9.50. The van der Waals surface area contributed by atoms with Gasteiger partial charge in [-0.2, -0.15) is 5.10 Å². The number of aromatic nitrogens is 2. The minimum Gasteiger partial charge on any atom is -0.498 e. The zero-order valence-electron chi connectivity index (χ0n) is 5.43. The first kappa shape index (κ1) is 7.11. The molecular formula is C4H7BN2O3. The molecule has 0 amide bonds. The van der Waals surface area contributed by atoms with Crippen molar-refractivity contribution in [2.24, 2.45) is 7.05 Å². The second kappa shape index (κ2) is 2.72. The molecule has 0 aromatic carbocycles. The lowest BCUT2D eigenvalue weighted by Gasteiger charge is -2.02. The molecule has 0 bridgehead atoms. The largest absolute Gasteiger partial charge is 0.708 e. The Morgan fingerprint density at radius 3 is 2.80 bits per heavy atom. The maximum absolute atomic E-state index is 8.34. The van der Waals surface area contributed by atoms with Crippen molar-refractivity contribution in [1.82, 2.24) is 9.78 Å². The standard InChI is InChI=1S/C4H7BN2O3/c1-7-4(2-3-6-7)10-5(8)9/h2-3,8-9H,1H3. The van der Waals surface area contributed by atoms with Crippen LogP contribution in [0.15, 0.2) is 12.3 Å². The first-order valence-corrected chi connectivity index (χ1v) is 2.71. The molecule has 1 aromatic rings. The molecule has 0 aliphatic heterocycles. The van der Waals surface area contributed by atoms with Crippen LogP contribution in [0.2, 0.25) is 0 Å². The van der Waals surface area contributed by atoms with Crippen LogP contribution in [-0.4, -0.2) is 27.1 Å². The van der Waals surface area contributed by atoms with Crippen LogP contribution < -0.4 is 4.65 Å². The fourth-order valence-electron chi connectivity index (χ4n) is 0.585. The van der Waals surface area contributed by atoms with E-state index in [2.05, 4.69) is 9.75 Å². The molecule has 0 saturated heterocycles. The summed E-state index contributed by atoms with van der Waals surface area (Å²) in [6.45, 7) is 0. The van der Waals surface area contributed by atoms with E-state index in [0.717, 1.165) is 0 Å². The van der Waals surface area contributed by atoms with Crippen LogP contribution in [0.3, 0.4) is 0 Å². The van der Waals surface area contributed by atoms with Gasteiger partial charge >= 0.3 is 7.32 Å². The highest BCUT2D eigenvalue weighted by Crippen LogP contribution is 2.05. The Balaban J connectivity index is 2.65. The Bertz CT molecular complexity index is 212. The van der Waals surface area contributed by atoms with Gasteiger partial charge in [0, 0.05) is 13.1 Å². The van der Waals surface area contributed by atoms with E-state index in [1.807, 2.05) is 0 Å². The molecule has 0 unspecified atom stereocenters. The van der Waals surface area contributed by atoms with Crippen LogP contribution >= 0.6 is 0 Å². The molecule has 54 valence electrons. The predicted octanol–water partition coefficient (Wildman–Crippen LogP) is -1.23. The van der Waals surface area contributed by atoms with E-state index in [1.54, 1.807) is 7.05 Å². The summed E-state index contributed by atoms with van der Waals surface area (Å²) in [5, 5.41) is 20.4. The van der Waals surface area contributed by atoms with Crippen molar-refractivity contribution >= 4 is 7.32 Å². The van der Waals surface area contributed by atoms with Gasteiger partial charge in [0.05, 0.1) is 6.20 Å². The van der Waals surface area contributed by atoms with Crippen molar-refractivity contribution in [3.8, 4) is 5.88 Å². The first-order valence-electron chi connectivity index (χ1n) is 2.71. The van der Waals surface area contributed by atoms with Gasteiger partial charge in [-0.05, 0) is 0 Å². The van der Waals surface area contributed by atoms with Crippen molar-refractivity contribution in [3.05, 3.63) is 12.3 Å². The van der Waals surface area contributed by atoms with Gasteiger partial charge < -0.3 is 14.7 Å². The summed E-state index contributed by atoms with van der Waals surface area (Å²) >= 11 is 0. The Morgan fingerprint density at radius 2 is 2.40 bits per heavy atom. The van der Waals surface area contributed by atoms with Crippen molar-refractivity contribution < 1.29 is 14.7 Å². The summed E-state index contributed by atoms with van der Waals surface area (Å²) in [5.41, 5.74) is 0. The minimum atomic E-state index is -1.78. The second-order valence-corrected chi connectivity index (χ2v) is 1.74. The monoisotopic (exact) mass is 142 g/mol. The van der Waals surface area contributed by atoms with E-state index < -0.39 is 7.32 Å². The minimum absolute atomic E-state index is 0.315. The lowest BCUT2D eigenvalue weighted by atomic mass is 10.3. The zero-order valence-corrected chi connectivity index (χ0v) is 5.43. The van der Waals surface area contributed by atoms with Gasteiger partial charge in [0.15, 0.2) is 5.88 Å². The lowest BCUT2D eigenvalue weighted by molar-refractivity contribution is 0.277. The second-order valence-electron chi connectivity index (χ2n) is 1.74. The third-order valence-corrected chi connectivity index (χ3v) is 1.00. The maximum Gasteiger partial charge on any atom is 0.708 e. The fourth-order valence-corrected chi connectivity index (χ4v) is 0.585. The first-order chi connectivity index (χ1) is 4.70. The van der Waals surface area contributed by atoms with E-state index in [9.17, 15) is 0 Å². The Kier molecular flexibility index (Phi) is 1.93. The third-order valence-electron chi connectivity index (χ3n) is 1.00.